The maximum atomic E-state index is 13.4. The molecule has 0 aliphatic carbocycles. The number of aromatic nitrogens is 4. The van der Waals surface area contributed by atoms with E-state index in [4.69, 9.17) is 20.0 Å². The summed E-state index contributed by atoms with van der Waals surface area (Å²) in [5, 5.41) is 32.2. The molecular weight excluding hydrogens is 748 g/mol. The summed E-state index contributed by atoms with van der Waals surface area (Å²) in [6, 6.07) is 35.4. The van der Waals surface area contributed by atoms with Gasteiger partial charge in [0.05, 0.1) is 69.6 Å². The van der Waals surface area contributed by atoms with E-state index in [-0.39, 0.29) is 34.6 Å². The van der Waals surface area contributed by atoms with Crippen molar-refractivity contribution in [2.45, 2.75) is 50.6 Å². The van der Waals surface area contributed by atoms with Gasteiger partial charge in [-0.2, -0.15) is 20.7 Å². The monoisotopic (exact) mass is 790 g/mol. The summed E-state index contributed by atoms with van der Waals surface area (Å²) in [5.74, 6) is 0.176. The fourth-order valence-corrected chi connectivity index (χ4v) is 6.79. The van der Waals surface area contributed by atoms with Gasteiger partial charge in [-0.15, -0.1) is 0 Å². The van der Waals surface area contributed by atoms with Crippen molar-refractivity contribution >= 4 is 23.5 Å². The lowest BCUT2D eigenvalue weighted by atomic mass is 9.80. The number of hydrogen-bond acceptors (Lipinski definition) is 8. The summed E-state index contributed by atoms with van der Waals surface area (Å²) in [6.07, 6.45) is 4.10. The highest BCUT2D eigenvalue weighted by atomic mass is 19.1. The van der Waals surface area contributed by atoms with Crippen LogP contribution in [0.5, 0.6) is 0 Å². The van der Waals surface area contributed by atoms with Crippen molar-refractivity contribution < 1.29 is 23.5 Å². The van der Waals surface area contributed by atoms with Crippen molar-refractivity contribution in [2.75, 3.05) is 37.1 Å². The molecule has 2 fully saturated rings. The maximum Gasteiger partial charge on any atom is 0.229 e. The van der Waals surface area contributed by atoms with E-state index in [1.54, 1.807) is 45.9 Å². The van der Waals surface area contributed by atoms with Crippen molar-refractivity contribution in [2.24, 2.45) is 0 Å². The Hall–Kier alpha value is -6.93. The molecule has 2 aliphatic heterocycles. The lowest BCUT2D eigenvalue weighted by Crippen LogP contribution is -2.43. The van der Waals surface area contributed by atoms with Crippen LogP contribution in [-0.2, 0) is 55.8 Å². The molecule has 13 heteroatoms. The van der Waals surface area contributed by atoms with Gasteiger partial charge < -0.3 is 20.1 Å². The van der Waals surface area contributed by atoms with Gasteiger partial charge in [-0.25, -0.2) is 4.39 Å². The fourth-order valence-electron chi connectivity index (χ4n) is 6.79. The van der Waals surface area contributed by atoms with Crippen LogP contribution in [-0.4, -0.2) is 57.8 Å². The van der Waals surface area contributed by atoms with E-state index in [1.165, 1.54) is 23.3 Å². The van der Waals surface area contributed by atoms with Crippen LogP contribution < -0.4 is 10.6 Å². The van der Waals surface area contributed by atoms with Crippen molar-refractivity contribution in [3.8, 4) is 12.1 Å². The van der Waals surface area contributed by atoms with E-state index in [0.717, 1.165) is 48.7 Å². The molecule has 59 heavy (non-hydrogen) atoms. The minimum atomic E-state index is -0.544. The van der Waals surface area contributed by atoms with Crippen LogP contribution in [0.1, 0.15) is 58.4 Å². The Morgan fingerprint density at radius 3 is 1.51 bits per heavy atom. The Morgan fingerprint density at radius 1 is 0.644 bits per heavy atom. The smallest absolute Gasteiger partial charge is 0.229 e. The van der Waals surface area contributed by atoms with E-state index in [9.17, 15) is 14.0 Å². The highest BCUT2D eigenvalue weighted by Crippen LogP contribution is 2.32. The van der Waals surface area contributed by atoms with Gasteiger partial charge in [0.1, 0.15) is 11.9 Å². The number of carbonyl (C=O) groups is 2. The summed E-state index contributed by atoms with van der Waals surface area (Å²) in [7, 11) is 0. The van der Waals surface area contributed by atoms with E-state index in [2.05, 4.69) is 65.0 Å². The van der Waals surface area contributed by atoms with Crippen LogP contribution >= 0.6 is 0 Å². The van der Waals surface area contributed by atoms with Crippen molar-refractivity contribution in [3.63, 3.8) is 0 Å². The zero-order chi connectivity index (χ0) is 41.4. The van der Waals surface area contributed by atoms with Crippen LogP contribution in [0.15, 0.2) is 116 Å². The number of nitrogens with zero attached hydrogens (tertiary/aromatic N) is 6. The van der Waals surface area contributed by atoms with Crippen LogP contribution in [0, 0.1) is 28.5 Å². The quantitative estimate of drug-likeness (QED) is 0.139. The first-order chi connectivity index (χ1) is 28.5. The fraction of sp³-hybridized carbons (Fsp3) is 0.261. The minimum Gasteiger partial charge on any atom is -0.379 e. The number of benzene rings is 4. The summed E-state index contributed by atoms with van der Waals surface area (Å²) in [4.78, 5) is 24.7. The molecular formula is C46H43FN8O4. The molecule has 4 heterocycles. The molecule has 8 rings (SSSR count). The standard InChI is InChI=1S/C23H21FN4O2.C23H22N4O2/c1-23(14-30-15-23)19-5-2-16(3-6-19)11-22(29)26-21-8-9-28(27-21)13-17-4-7-20(24)18(10-17)12-25;1-23(15-29-16-23)20-8-6-17(7-9-20)12-22(28)25-21-10-11-27(26-21)14-19-4-2-18(13-24)3-5-19/h2-10H,11,13-15H2,1H3,(H,26,27,29);2-11H,12,14-16H2,1H3,(H,25,26,28). The van der Waals surface area contributed by atoms with Gasteiger partial charge in [0, 0.05) is 35.4 Å². The first kappa shape index (κ1) is 40.3. The summed E-state index contributed by atoms with van der Waals surface area (Å²) >= 11 is 0. The summed E-state index contributed by atoms with van der Waals surface area (Å²) in [6.45, 7) is 8.25. The second-order valence-electron chi connectivity index (χ2n) is 15.5. The molecule has 2 saturated heterocycles. The second kappa shape index (κ2) is 17.7. The zero-order valence-electron chi connectivity index (χ0n) is 32.8. The number of nitrogens with one attached hydrogen (secondary N) is 2. The Bertz CT molecular complexity index is 2510. The SMILES string of the molecule is CC1(c2ccc(CC(=O)Nc3ccn(Cc4ccc(C#N)cc4)n3)cc2)COC1.CC1(c2ccc(CC(=O)Nc3ccn(Cc4ccc(F)c(C#N)c4)n3)cc2)COC1. The number of amides is 2. The largest absolute Gasteiger partial charge is 0.379 e. The van der Waals surface area contributed by atoms with E-state index in [1.807, 2.05) is 48.7 Å². The first-order valence-corrected chi connectivity index (χ1v) is 19.2. The topological polar surface area (TPSA) is 160 Å². The van der Waals surface area contributed by atoms with Crippen molar-refractivity contribution in [3.05, 3.63) is 166 Å². The van der Waals surface area contributed by atoms with E-state index >= 15 is 0 Å². The van der Waals surface area contributed by atoms with Crippen molar-refractivity contribution in [1.82, 2.24) is 19.6 Å². The summed E-state index contributed by atoms with van der Waals surface area (Å²) in [5.41, 5.74) is 6.95. The molecule has 6 aromatic rings. The van der Waals surface area contributed by atoms with Gasteiger partial charge in [-0.1, -0.05) is 80.6 Å². The van der Waals surface area contributed by atoms with Gasteiger partial charge in [0.2, 0.25) is 11.8 Å². The van der Waals surface area contributed by atoms with E-state index in [0.29, 0.717) is 36.7 Å². The van der Waals surface area contributed by atoms with E-state index < -0.39 is 5.82 Å². The first-order valence-electron chi connectivity index (χ1n) is 19.2. The molecule has 0 unspecified atom stereocenters. The Balaban J connectivity index is 0.000000179. The van der Waals surface area contributed by atoms with Crippen molar-refractivity contribution in [1.29, 1.82) is 10.5 Å². The van der Waals surface area contributed by atoms with Crippen LogP contribution in [0.3, 0.4) is 0 Å². The molecule has 0 atom stereocenters. The third-order valence-corrected chi connectivity index (χ3v) is 10.5. The molecule has 0 saturated carbocycles. The molecule has 0 bridgehead atoms. The maximum absolute atomic E-state index is 13.4. The molecule has 2 aromatic heterocycles. The van der Waals surface area contributed by atoms with Crippen LogP contribution in [0.25, 0.3) is 0 Å². The normalized spacial score (nSPS) is 14.6. The molecule has 298 valence electrons. The third-order valence-electron chi connectivity index (χ3n) is 10.5. The average Bonchev–Trinajstić information content (AvgIpc) is 3.86. The third kappa shape index (κ3) is 10.1. The molecule has 2 amide bonds. The van der Waals surface area contributed by atoms with Crippen LogP contribution in [0.4, 0.5) is 16.0 Å². The second-order valence-corrected chi connectivity index (χ2v) is 15.5. The number of rotatable bonds is 12. The van der Waals surface area contributed by atoms with Gasteiger partial charge in [0.25, 0.3) is 0 Å². The van der Waals surface area contributed by atoms with Gasteiger partial charge in [-0.3, -0.25) is 19.0 Å². The molecule has 12 nitrogen and oxygen atoms in total. The minimum absolute atomic E-state index is 0.00183. The molecule has 0 radical (unpaired) electrons. The highest BCUT2D eigenvalue weighted by molar-refractivity contribution is 5.91. The zero-order valence-corrected chi connectivity index (χ0v) is 32.8. The number of halogens is 1. The van der Waals surface area contributed by atoms with Gasteiger partial charge in [0.15, 0.2) is 11.6 Å². The molecule has 0 spiro atoms. The summed E-state index contributed by atoms with van der Waals surface area (Å²) < 4.78 is 27.4. The number of anilines is 2. The highest BCUT2D eigenvalue weighted by Gasteiger charge is 2.35. The van der Waals surface area contributed by atoms with Gasteiger partial charge in [-0.05, 0) is 57.6 Å². The molecule has 4 aromatic carbocycles. The average molecular weight is 791 g/mol. The predicted octanol–water partition coefficient (Wildman–Crippen LogP) is 6.68. The Labute approximate surface area is 341 Å². The lowest BCUT2D eigenvalue weighted by Gasteiger charge is -2.38. The van der Waals surface area contributed by atoms with Gasteiger partial charge >= 0.3 is 0 Å². The number of carbonyl (C=O) groups excluding carboxylic acids is 2. The lowest BCUT2D eigenvalue weighted by molar-refractivity contribution is -0.116. The number of hydrogen-bond donors (Lipinski definition) is 2. The molecule has 2 aliphatic rings. The number of nitriles is 2. The van der Waals surface area contributed by atoms with Crippen LogP contribution in [0.2, 0.25) is 0 Å². The predicted molar refractivity (Wildman–Crippen MR) is 219 cm³/mol. The molecule has 2 N–H and O–H groups in total. The number of ether oxygens (including phenoxy) is 2. The Kier molecular flexibility index (Phi) is 12.1. The Morgan fingerprint density at radius 2 is 1.08 bits per heavy atom.